The Bertz CT molecular complexity index is 2120. The molecule has 310 valence electrons. The molecule has 12 nitrogen and oxygen atoms in total. The molecule has 0 radical (unpaired) electrons. The summed E-state index contributed by atoms with van der Waals surface area (Å²) in [6.07, 6.45) is -7.98. The fourth-order valence-corrected chi connectivity index (χ4v) is 8.35. The number of amides is 2. The van der Waals surface area contributed by atoms with Crippen LogP contribution in [0.25, 0.3) is 11.3 Å². The first-order chi connectivity index (χ1) is 27.5. The van der Waals surface area contributed by atoms with Gasteiger partial charge in [0.1, 0.15) is 36.5 Å². The van der Waals surface area contributed by atoms with Gasteiger partial charge < -0.3 is 19.3 Å². The molecule has 2 aromatic carbocycles. The van der Waals surface area contributed by atoms with Gasteiger partial charge in [0.15, 0.2) is 11.6 Å². The van der Waals surface area contributed by atoms with Crippen LogP contribution in [-0.4, -0.2) is 113 Å². The molecule has 1 N–H and O–H groups in total. The molecule has 4 fully saturated rings. The van der Waals surface area contributed by atoms with Gasteiger partial charge in [0.25, 0.3) is 18.3 Å². The normalized spacial score (nSPS) is 22.1. The fourth-order valence-electron chi connectivity index (χ4n) is 8.35. The molecule has 5 heterocycles. The highest BCUT2D eigenvalue weighted by Crippen LogP contribution is 2.47. The first kappa shape index (κ1) is 41.0. The molecular formula is C38H38F8N7O5+. The number of anilines is 1. The van der Waals surface area contributed by atoms with E-state index in [0.29, 0.717) is 43.9 Å². The second kappa shape index (κ2) is 15.5. The van der Waals surface area contributed by atoms with Crippen molar-refractivity contribution < 1.29 is 63.5 Å². The second-order valence-electron chi connectivity index (χ2n) is 14.8. The van der Waals surface area contributed by atoms with Crippen LogP contribution in [0.4, 0.5) is 40.8 Å². The smallest absolute Gasteiger partial charge is 0.433 e. The van der Waals surface area contributed by atoms with Crippen molar-refractivity contribution in [3.8, 4) is 17.0 Å². The lowest BCUT2D eigenvalue weighted by molar-refractivity contribution is -0.940. The topological polar surface area (TPSA) is 117 Å². The van der Waals surface area contributed by atoms with E-state index in [0.717, 1.165) is 54.8 Å². The van der Waals surface area contributed by atoms with Crippen molar-refractivity contribution in [2.24, 2.45) is 0 Å². The van der Waals surface area contributed by atoms with Gasteiger partial charge in [0, 0.05) is 37.8 Å². The number of hydrogen-bond acceptors (Lipinski definition) is 9. The van der Waals surface area contributed by atoms with E-state index in [1.54, 1.807) is 0 Å². The molecule has 1 spiro atoms. The Balaban J connectivity index is 1.20. The lowest BCUT2D eigenvalue weighted by atomic mass is 9.87. The number of carbonyl (C=O) groups excluding carboxylic acids is 3. The number of fused-ring (bicyclic) bond motifs is 3. The molecule has 3 saturated heterocycles. The van der Waals surface area contributed by atoms with Crippen LogP contribution in [-0.2, 0) is 38.0 Å². The van der Waals surface area contributed by atoms with Gasteiger partial charge in [-0.25, -0.2) is 19.4 Å². The molecule has 0 atom stereocenters. The summed E-state index contributed by atoms with van der Waals surface area (Å²) in [6.45, 7) is 5.89. The maximum absolute atomic E-state index is 15.8. The number of benzene rings is 2. The quantitative estimate of drug-likeness (QED) is 0.115. The average Bonchev–Trinajstić information content (AvgIpc) is 3.69. The van der Waals surface area contributed by atoms with Crippen LogP contribution in [0.3, 0.4) is 0 Å². The number of halogens is 8. The number of rotatable bonds is 11. The van der Waals surface area contributed by atoms with Gasteiger partial charge in [-0.05, 0) is 43.2 Å². The number of nitrogens with zero attached hydrogens (tertiary/aromatic N) is 6. The van der Waals surface area contributed by atoms with E-state index in [4.69, 9.17) is 9.47 Å². The van der Waals surface area contributed by atoms with E-state index in [1.807, 2.05) is 0 Å². The number of likely N-dealkylation sites (N-methyl/N-ethyl adjacent to an activating group) is 1. The van der Waals surface area contributed by atoms with Gasteiger partial charge in [0.05, 0.1) is 48.7 Å². The number of ether oxygens (including phenoxy) is 2. The van der Waals surface area contributed by atoms with E-state index in [2.05, 4.69) is 20.2 Å². The lowest BCUT2D eigenvalue weighted by Gasteiger charge is -2.50. The van der Waals surface area contributed by atoms with Gasteiger partial charge in [-0.3, -0.25) is 24.3 Å². The molecule has 8 rings (SSSR count). The standard InChI is InChI=1S/C38H37F8N7O5/c1-50-36(8-2-3-9-36)33(58-22-54)30(34(55)49-26-6-5-24(37(41,42)43)18-25(26)27-19-29(38(44,45)46)48-21-47-27)35(56)52(50)20-23-4-7-28(32(40)31(23)39)57-17-16-53-13-10-51(11-14-53)12-15-53/h4-7,18-19,21-22H,2-3,8-17,20H2,1H3/p+1. The molecule has 58 heavy (non-hydrogen) atoms. The number of aromatic nitrogens is 2. The molecule has 3 aromatic rings. The minimum atomic E-state index is -5.00. The van der Waals surface area contributed by atoms with Crippen molar-refractivity contribution in [3.63, 3.8) is 0 Å². The van der Waals surface area contributed by atoms with E-state index >= 15 is 8.78 Å². The van der Waals surface area contributed by atoms with Crippen molar-refractivity contribution in [2.75, 3.05) is 64.8 Å². The summed E-state index contributed by atoms with van der Waals surface area (Å²) in [6, 6.07) is 4.68. The zero-order chi connectivity index (χ0) is 41.6. The zero-order valence-electron chi connectivity index (χ0n) is 31.1. The van der Waals surface area contributed by atoms with E-state index in [9.17, 15) is 40.7 Å². The van der Waals surface area contributed by atoms with E-state index in [-0.39, 0.29) is 37.2 Å². The predicted molar refractivity (Wildman–Crippen MR) is 188 cm³/mol. The van der Waals surface area contributed by atoms with Crippen molar-refractivity contribution >= 4 is 24.0 Å². The Morgan fingerprint density at radius 2 is 1.64 bits per heavy atom. The Hall–Kier alpha value is -5.21. The van der Waals surface area contributed by atoms with Crippen molar-refractivity contribution in [1.82, 2.24) is 24.9 Å². The SMILES string of the molecule is CN1N(Cc2ccc(OCC[N+]34CCN(CC3)CC4)c(F)c2F)C(=O)C(C(=O)Nc2ccc(C(F)(F)F)cc2-c2cc(C(F)(F)F)ncn2)=C(OC=O)C12CCCC2. The second-order valence-corrected chi connectivity index (χ2v) is 14.8. The van der Waals surface area contributed by atoms with Crippen LogP contribution in [0.1, 0.15) is 42.5 Å². The molecule has 1 aliphatic carbocycles. The number of hydrogen-bond donors (Lipinski definition) is 1. The first-order valence-electron chi connectivity index (χ1n) is 18.5. The number of alkyl halides is 6. The molecule has 1 aromatic heterocycles. The van der Waals surface area contributed by atoms with Crippen LogP contribution in [0.2, 0.25) is 0 Å². The van der Waals surface area contributed by atoms with Crippen molar-refractivity contribution in [2.45, 2.75) is 50.1 Å². The van der Waals surface area contributed by atoms with Gasteiger partial charge in [-0.1, -0.05) is 18.9 Å². The van der Waals surface area contributed by atoms with Crippen LogP contribution in [0, 0.1) is 11.6 Å². The molecule has 1 saturated carbocycles. The number of hydrazine groups is 1. The van der Waals surface area contributed by atoms with Crippen LogP contribution in [0.5, 0.6) is 5.75 Å². The van der Waals surface area contributed by atoms with E-state index < -0.39 is 87.4 Å². The largest absolute Gasteiger partial charge is 0.485 e. The minimum Gasteiger partial charge on any atom is -0.485 e. The highest BCUT2D eigenvalue weighted by Gasteiger charge is 2.54. The third kappa shape index (κ3) is 7.71. The molecule has 4 aliphatic heterocycles. The summed E-state index contributed by atoms with van der Waals surface area (Å²) >= 11 is 0. The summed E-state index contributed by atoms with van der Waals surface area (Å²) in [5, 5.41) is 4.65. The van der Waals surface area contributed by atoms with Crippen molar-refractivity contribution in [1.29, 1.82) is 0 Å². The molecule has 2 bridgehead atoms. The van der Waals surface area contributed by atoms with E-state index in [1.165, 1.54) is 24.2 Å². The minimum absolute atomic E-state index is 0.00792. The third-order valence-corrected chi connectivity index (χ3v) is 11.7. The highest BCUT2D eigenvalue weighted by molar-refractivity contribution is 6.24. The molecular weight excluding hydrogens is 786 g/mol. The Kier molecular flexibility index (Phi) is 11.0. The zero-order valence-corrected chi connectivity index (χ0v) is 31.1. The molecule has 0 unspecified atom stereocenters. The van der Waals surface area contributed by atoms with Gasteiger partial charge >= 0.3 is 12.4 Å². The summed E-state index contributed by atoms with van der Waals surface area (Å²) in [5.74, 6) is -5.77. The lowest BCUT2D eigenvalue weighted by Crippen LogP contribution is -2.68. The summed E-state index contributed by atoms with van der Waals surface area (Å²) in [5.41, 5.74) is -6.93. The molecule has 20 heteroatoms. The maximum Gasteiger partial charge on any atom is 0.433 e. The van der Waals surface area contributed by atoms with Crippen LogP contribution in [0.15, 0.2) is 54.1 Å². The molecule has 2 amide bonds. The summed E-state index contributed by atoms with van der Waals surface area (Å²) < 4.78 is 125. The van der Waals surface area contributed by atoms with Gasteiger partial charge in [-0.15, -0.1) is 0 Å². The number of piperazine rings is 3. The van der Waals surface area contributed by atoms with Gasteiger partial charge in [-0.2, -0.15) is 30.7 Å². The third-order valence-electron chi connectivity index (χ3n) is 11.7. The first-order valence-corrected chi connectivity index (χ1v) is 18.5. The van der Waals surface area contributed by atoms with Gasteiger partial charge in [0.2, 0.25) is 5.82 Å². The maximum atomic E-state index is 15.8. The molecule has 5 aliphatic rings. The fraction of sp³-hybridized carbons (Fsp3) is 0.447. The van der Waals surface area contributed by atoms with Crippen molar-refractivity contribution in [3.05, 3.63) is 82.5 Å². The Morgan fingerprint density at radius 3 is 2.28 bits per heavy atom. The summed E-state index contributed by atoms with van der Waals surface area (Å²) in [4.78, 5) is 49.6. The average molecular weight is 825 g/mol. The predicted octanol–water partition coefficient (Wildman–Crippen LogP) is 5.55. The van der Waals surface area contributed by atoms with Crippen LogP contribution < -0.4 is 10.1 Å². The number of nitrogens with one attached hydrogen (secondary N) is 1. The highest BCUT2D eigenvalue weighted by atomic mass is 19.4. The Labute approximate surface area is 326 Å². The number of quaternary nitrogens is 1. The monoisotopic (exact) mass is 824 g/mol. The summed E-state index contributed by atoms with van der Waals surface area (Å²) in [7, 11) is 1.45. The number of carbonyl (C=O) groups is 3. The van der Waals surface area contributed by atoms with Crippen LogP contribution >= 0.6 is 0 Å². The Morgan fingerprint density at radius 1 is 0.948 bits per heavy atom.